The minimum absolute atomic E-state index is 0.0285. The number of nitrogens with zero attached hydrogens (tertiary/aromatic N) is 3. The Morgan fingerprint density at radius 3 is 2.90 bits per heavy atom. The lowest BCUT2D eigenvalue weighted by atomic mass is 9.96. The van der Waals surface area contributed by atoms with Crippen LogP contribution in [0.2, 0.25) is 0 Å². The highest BCUT2D eigenvalue weighted by atomic mass is 32.1. The van der Waals surface area contributed by atoms with Crippen LogP contribution in [0, 0.1) is 0 Å². The van der Waals surface area contributed by atoms with Crippen molar-refractivity contribution in [2.24, 2.45) is 0 Å². The van der Waals surface area contributed by atoms with Gasteiger partial charge in [-0.2, -0.15) is 4.37 Å². The van der Waals surface area contributed by atoms with Gasteiger partial charge < -0.3 is 15.0 Å². The topological polar surface area (TPSA) is 50.3 Å². The van der Waals surface area contributed by atoms with Crippen LogP contribution in [0.3, 0.4) is 0 Å². The van der Waals surface area contributed by atoms with Gasteiger partial charge in [0.25, 0.3) is 0 Å². The Morgan fingerprint density at radius 1 is 1.45 bits per heavy atom. The lowest BCUT2D eigenvalue weighted by molar-refractivity contribution is 0.199. The molecule has 1 unspecified atom stereocenters. The SMILES string of the molecule is COCCNCC1CCCN1c1nc(C(C)(C)C)ns1. The molecular weight excluding hydrogens is 272 g/mol. The van der Waals surface area contributed by atoms with Crippen molar-refractivity contribution in [3.8, 4) is 0 Å². The lowest BCUT2D eigenvalue weighted by Crippen LogP contribution is -2.39. The van der Waals surface area contributed by atoms with Gasteiger partial charge in [-0.15, -0.1) is 0 Å². The number of anilines is 1. The number of nitrogens with one attached hydrogen (secondary N) is 1. The Hall–Kier alpha value is -0.720. The summed E-state index contributed by atoms with van der Waals surface area (Å²) in [5.74, 6) is 0.954. The fraction of sp³-hybridized carbons (Fsp3) is 0.857. The van der Waals surface area contributed by atoms with E-state index in [4.69, 9.17) is 9.72 Å². The summed E-state index contributed by atoms with van der Waals surface area (Å²) in [7, 11) is 1.73. The Bertz CT molecular complexity index is 416. The van der Waals surface area contributed by atoms with Gasteiger partial charge in [0, 0.05) is 49.7 Å². The quantitative estimate of drug-likeness (QED) is 0.815. The first-order valence-corrected chi connectivity index (χ1v) is 8.10. The molecule has 6 heteroatoms. The van der Waals surface area contributed by atoms with Crippen LogP contribution < -0.4 is 10.2 Å². The smallest absolute Gasteiger partial charge is 0.205 e. The van der Waals surface area contributed by atoms with Crippen LogP contribution in [-0.2, 0) is 10.2 Å². The van der Waals surface area contributed by atoms with Crippen LogP contribution >= 0.6 is 11.5 Å². The van der Waals surface area contributed by atoms with Crippen molar-refractivity contribution in [3.63, 3.8) is 0 Å². The summed E-state index contributed by atoms with van der Waals surface area (Å²) >= 11 is 1.53. The second-order valence-electron chi connectivity index (χ2n) is 6.34. The Labute approximate surface area is 125 Å². The van der Waals surface area contributed by atoms with E-state index in [0.29, 0.717) is 6.04 Å². The molecule has 1 aromatic rings. The Morgan fingerprint density at radius 2 is 2.25 bits per heavy atom. The first-order chi connectivity index (χ1) is 9.52. The molecule has 2 heterocycles. The first-order valence-electron chi connectivity index (χ1n) is 7.33. The van der Waals surface area contributed by atoms with Crippen molar-refractivity contribution in [3.05, 3.63) is 5.82 Å². The van der Waals surface area contributed by atoms with E-state index in [1.54, 1.807) is 7.11 Å². The van der Waals surface area contributed by atoms with Crippen molar-refractivity contribution in [2.45, 2.75) is 45.1 Å². The van der Waals surface area contributed by atoms with E-state index in [2.05, 4.69) is 35.4 Å². The summed E-state index contributed by atoms with van der Waals surface area (Å²) in [6.07, 6.45) is 2.46. The molecule has 1 aromatic heterocycles. The molecule has 2 rings (SSSR count). The van der Waals surface area contributed by atoms with E-state index in [0.717, 1.165) is 37.2 Å². The van der Waals surface area contributed by atoms with E-state index in [-0.39, 0.29) is 5.41 Å². The number of ether oxygens (including phenoxy) is 1. The first kappa shape index (κ1) is 15.7. The molecule has 114 valence electrons. The van der Waals surface area contributed by atoms with E-state index in [9.17, 15) is 0 Å². The molecule has 0 radical (unpaired) electrons. The fourth-order valence-electron chi connectivity index (χ4n) is 2.38. The molecule has 0 amide bonds. The molecule has 1 aliphatic rings. The monoisotopic (exact) mass is 298 g/mol. The molecule has 20 heavy (non-hydrogen) atoms. The van der Waals surface area contributed by atoms with Gasteiger partial charge in [-0.3, -0.25) is 0 Å². The molecule has 1 aliphatic heterocycles. The maximum atomic E-state index is 5.06. The van der Waals surface area contributed by atoms with Crippen molar-refractivity contribution >= 4 is 16.7 Å². The molecule has 1 saturated heterocycles. The number of hydrogen-bond donors (Lipinski definition) is 1. The molecule has 0 bridgehead atoms. The second kappa shape index (κ2) is 6.83. The van der Waals surface area contributed by atoms with Gasteiger partial charge in [-0.1, -0.05) is 20.8 Å². The zero-order valence-corrected chi connectivity index (χ0v) is 13.8. The van der Waals surface area contributed by atoms with E-state index < -0.39 is 0 Å². The third kappa shape index (κ3) is 3.90. The van der Waals surface area contributed by atoms with Gasteiger partial charge in [0.15, 0.2) is 0 Å². The van der Waals surface area contributed by atoms with E-state index in [1.165, 1.54) is 24.4 Å². The molecular formula is C14H26N4OS. The minimum atomic E-state index is 0.0285. The molecule has 0 aliphatic carbocycles. The number of methoxy groups -OCH3 is 1. The standard InChI is InChI=1S/C14H26N4OS/c1-14(2,3)12-16-13(20-17-12)18-8-5-6-11(18)10-15-7-9-19-4/h11,15H,5-10H2,1-4H3. The van der Waals surface area contributed by atoms with Crippen molar-refractivity contribution in [1.29, 1.82) is 0 Å². The van der Waals surface area contributed by atoms with Crippen molar-refractivity contribution < 1.29 is 4.74 Å². The van der Waals surface area contributed by atoms with Gasteiger partial charge in [0.1, 0.15) is 5.82 Å². The predicted octanol–water partition coefficient (Wildman–Crippen LogP) is 2.04. The van der Waals surface area contributed by atoms with Crippen LogP contribution in [0.25, 0.3) is 0 Å². The minimum Gasteiger partial charge on any atom is -0.383 e. The van der Waals surface area contributed by atoms with Crippen LogP contribution in [0.5, 0.6) is 0 Å². The average Bonchev–Trinajstić information content (AvgIpc) is 3.02. The summed E-state index contributed by atoms with van der Waals surface area (Å²) in [6, 6.07) is 0.535. The Balaban J connectivity index is 1.94. The summed E-state index contributed by atoms with van der Waals surface area (Å²) in [5.41, 5.74) is 0.0285. The van der Waals surface area contributed by atoms with Crippen molar-refractivity contribution in [2.75, 3.05) is 38.3 Å². The van der Waals surface area contributed by atoms with Gasteiger partial charge in [-0.25, -0.2) is 4.98 Å². The third-order valence-corrected chi connectivity index (χ3v) is 4.33. The maximum Gasteiger partial charge on any atom is 0.205 e. The largest absolute Gasteiger partial charge is 0.383 e. The highest BCUT2D eigenvalue weighted by molar-refractivity contribution is 7.09. The van der Waals surface area contributed by atoms with E-state index >= 15 is 0 Å². The van der Waals surface area contributed by atoms with Crippen LogP contribution in [0.15, 0.2) is 0 Å². The van der Waals surface area contributed by atoms with Gasteiger partial charge >= 0.3 is 0 Å². The summed E-state index contributed by atoms with van der Waals surface area (Å²) in [5, 5.41) is 4.53. The summed E-state index contributed by atoms with van der Waals surface area (Å²) in [4.78, 5) is 7.15. The maximum absolute atomic E-state index is 5.06. The normalized spacial score (nSPS) is 19.8. The molecule has 0 aromatic carbocycles. The number of hydrogen-bond acceptors (Lipinski definition) is 6. The average molecular weight is 298 g/mol. The molecule has 0 spiro atoms. The molecule has 5 nitrogen and oxygen atoms in total. The summed E-state index contributed by atoms with van der Waals surface area (Å²) < 4.78 is 9.59. The highest BCUT2D eigenvalue weighted by Gasteiger charge is 2.28. The fourth-order valence-corrected chi connectivity index (χ4v) is 3.33. The number of aromatic nitrogens is 2. The van der Waals surface area contributed by atoms with Gasteiger partial charge in [0.2, 0.25) is 5.13 Å². The van der Waals surface area contributed by atoms with Gasteiger partial charge in [0.05, 0.1) is 6.61 Å². The molecule has 1 N–H and O–H groups in total. The zero-order valence-electron chi connectivity index (χ0n) is 13.0. The molecule has 0 saturated carbocycles. The zero-order chi connectivity index (χ0) is 14.6. The van der Waals surface area contributed by atoms with Crippen LogP contribution in [0.1, 0.15) is 39.4 Å². The second-order valence-corrected chi connectivity index (χ2v) is 7.07. The van der Waals surface area contributed by atoms with E-state index in [1.807, 2.05) is 0 Å². The van der Waals surface area contributed by atoms with Gasteiger partial charge in [-0.05, 0) is 12.8 Å². The van der Waals surface area contributed by atoms with Crippen molar-refractivity contribution in [1.82, 2.24) is 14.7 Å². The predicted molar refractivity (Wildman–Crippen MR) is 83.7 cm³/mol. The number of rotatable bonds is 6. The van der Waals surface area contributed by atoms with Crippen LogP contribution in [-0.4, -0.2) is 48.8 Å². The highest BCUT2D eigenvalue weighted by Crippen LogP contribution is 2.30. The summed E-state index contributed by atoms with van der Waals surface area (Å²) in [6.45, 7) is 10.2. The lowest BCUT2D eigenvalue weighted by Gasteiger charge is -2.24. The molecule has 1 atom stereocenters. The third-order valence-electron chi connectivity index (χ3n) is 3.57. The Kier molecular flexibility index (Phi) is 5.35. The molecule has 1 fully saturated rings. The van der Waals surface area contributed by atoms with Crippen LogP contribution in [0.4, 0.5) is 5.13 Å².